The molecular formula is C13H23N3O. The number of aromatic nitrogens is 1. The standard InChI is InChI=1S/C13H23N3O/c1-10(7-8-16(3)4)14-9-12-13(17)6-5-11(2)15-12/h5-6,10,14,17H,7-9H2,1-4H3. The van der Waals surface area contributed by atoms with Crippen molar-refractivity contribution in [2.45, 2.75) is 32.9 Å². The van der Waals surface area contributed by atoms with Gasteiger partial charge in [0.25, 0.3) is 0 Å². The molecule has 0 fully saturated rings. The molecule has 0 saturated carbocycles. The Balaban J connectivity index is 2.41. The summed E-state index contributed by atoms with van der Waals surface area (Å²) < 4.78 is 0. The van der Waals surface area contributed by atoms with Gasteiger partial charge in [0, 0.05) is 18.3 Å². The first kappa shape index (κ1) is 13.9. The number of aryl methyl sites for hydroxylation is 1. The minimum atomic E-state index is 0.267. The first-order chi connectivity index (χ1) is 7.99. The highest BCUT2D eigenvalue weighted by Gasteiger charge is 2.06. The smallest absolute Gasteiger partial charge is 0.138 e. The Labute approximate surface area is 104 Å². The van der Waals surface area contributed by atoms with Crippen molar-refractivity contribution in [1.82, 2.24) is 15.2 Å². The molecule has 0 aliphatic carbocycles. The third-order valence-corrected chi connectivity index (χ3v) is 2.72. The molecule has 1 rings (SSSR count). The summed E-state index contributed by atoms with van der Waals surface area (Å²) in [6.07, 6.45) is 1.08. The molecule has 1 aromatic heterocycles. The van der Waals surface area contributed by atoms with E-state index in [2.05, 4.69) is 36.2 Å². The molecule has 0 aliphatic heterocycles. The number of pyridine rings is 1. The second kappa shape index (κ2) is 6.57. The lowest BCUT2D eigenvalue weighted by atomic mass is 10.2. The molecule has 0 saturated heterocycles. The van der Waals surface area contributed by atoms with E-state index in [4.69, 9.17) is 0 Å². The van der Waals surface area contributed by atoms with Crippen molar-refractivity contribution in [2.75, 3.05) is 20.6 Å². The van der Waals surface area contributed by atoms with Crippen molar-refractivity contribution in [3.63, 3.8) is 0 Å². The minimum Gasteiger partial charge on any atom is -0.506 e. The SMILES string of the molecule is Cc1ccc(O)c(CNC(C)CCN(C)C)n1. The predicted molar refractivity (Wildman–Crippen MR) is 70.1 cm³/mol. The lowest BCUT2D eigenvalue weighted by Crippen LogP contribution is -2.29. The summed E-state index contributed by atoms with van der Waals surface area (Å²) in [4.78, 5) is 6.48. The van der Waals surface area contributed by atoms with Crippen LogP contribution in [0.1, 0.15) is 24.7 Å². The fourth-order valence-corrected chi connectivity index (χ4v) is 1.56. The Morgan fingerprint density at radius 1 is 1.41 bits per heavy atom. The van der Waals surface area contributed by atoms with Crippen molar-refractivity contribution in [2.24, 2.45) is 0 Å². The lowest BCUT2D eigenvalue weighted by Gasteiger charge is -2.16. The van der Waals surface area contributed by atoms with Crippen LogP contribution in [0.4, 0.5) is 0 Å². The molecule has 1 heterocycles. The molecular weight excluding hydrogens is 214 g/mol. The van der Waals surface area contributed by atoms with E-state index in [-0.39, 0.29) is 5.75 Å². The first-order valence-electron chi connectivity index (χ1n) is 6.02. The van der Waals surface area contributed by atoms with E-state index in [0.717, 1.165) is 24.4 Å². The molecule has 4 heteroatoms. The second-order valence-electron chi connectivity index (χ2n) is 4.79. The highest BCUT2D eigenvalue weighted by molar-refractivity contribution is 5.27. The van der Waals surface area contributed by atoms with Crippen LogP contribution in [0.25, 0.3) is 0 Å². The zero-order valence-electron chi connectivity index (χ0n) is 11.2. The maximum Gasteiger partial charge on any atom is 0.138 e. The maximum atomic E-state index is 9.66. The topological polar surface area (TPSA) is 48.4 Å². The normalized spacial score (nSPS) is 13.0. The summed E-state index contributed by atoms with van der Waals surface area (Å²) in [6.45, 7) is 5.75. The quantitative estimate of drug-likeness (QED) is 0.787. The van der Waals surface area contributed by atoms with Crippen LogP contribution < -0.4 is 5.32 Å². The highest BCUT2D eigenvalue weighted by Crippen LogP contribution is 2.14. The van der Waals surface area contributed by atoms with Crippen LogP contribution in [-0.2, 0) is 6.54 Å². The van der Waals surface area contributed by atoms with Gasteiger partial charge in [0.15, 0.2) is 0 Å². The Hall–Kier alpha value is -1.13. The Morgan fingerprint density at radius 3 is 2.76 bits per heavy atom. The second-order valence-corrected chi connectivity index (χ2v) is 4.79. The van der Waals surface area contributed by atoms with E-state index in [1.165, 1.54) is 0 Å². The largest absolute Gasteiger partial charge is 0.506 e. The number of nitrogens with one attached hydrogen (secondary N) is 1. The molecule has 0 bridgehead atoms. The van der Waals surface area contributed by atoms with Gasteiger partial charge < -0.3 is 15.3 Å². The van der Waals surface area contributed by atoms with Crippen molar-refractivity contribution in [3.8, 4) is 5.75 Å². The van der Waals surface area contributed by atoms with Crippen LogP contribution in [0.2, 0.25) is 0 Å². The molecule has 2 N–H and O–H groups in total. The highest BCUT2D eigenvalue weighted by atomic mass is 16.3. The molecule has 1 aromatic rings. The van der Waals surface area contributed by atoms with E-state index in [0.29, 0.717) is 12.6 Å². The summed E-state index contributed by atoms with van der Waals surface area (Å²) in [7, 11) is 4.14. The van der Waals surface area contributed by atoms with Crippen LogP contribution in [0, 0.1) is 6.92 Å². The molecule has 0 radical (unpaired) electrons. The van der Waals surface area contributed by atoms with Gasteiger partial charge in [0.05, 0.1) is 5.69 Å². The van der Waals surface area contributed by atoms with Crippen molar-refractivity contribution in [1.29, 1.82) is 0 Å². The fraction of sp³-hybridized carbons (Fsp3) is 0.615. The predicted octanol–water partition coefficient (Wildman–Crippen LogP) is 1.53. The van der Waals surface area contributed by atoms with Gasteiger partial charge in [0.2, 0.25) is 0 Å². The number of aromatic hydroxyl groups is 1. The monoisotopic (exact) mass is 237 g/mol. The summed E-state index contributed by atoms with van der Waals surface area (Å²) in [5.41, 5.74) is 1.65. The van der Waals surface area contributed by atoms with Crippen LogP contribution in [0.5, 0.6) is 5.75 Å². The van der Waals surface area contributed by atoms with Gasteiger partial charge in [-0.05, 0) is 53.0 Å². The average Bonchev–Trinajstić information content (AvgIpc) is 2.27. The average molecular weight is 237 g/mol. The van der Waals surface area contributed by atoms with Crippen molar-refractivity contribution >= 4 is 0 Å². The van der Waals surface area contributed by atoms with Gasteiger partial charge in [-0.3, -0.25) is 4.98 Å². The van der Waals surface area contributed by atoms with Crippen LogP contribution >= 0.6 is 0 Å². The van der Waals surface area contributed by atoms with Gasteiger partial charge in [-0.25, -0.2) is 0 Å². The third-order valence-electron chi connectivity index (χ3n) is 2.72. The number of nitrogens with zero attached hydrogens (tertiary/aromatic N) is 2. The number of hydrogen-bond donors (Lipinski definition) is 2. The fourth-order valence-electron chi connectivity index (χ4n) is 1.56. The molecule has 0 amide bonds. The zero-order chi connectivity index (χ0) is 12.8. The van der Waals surface area contributed by atoms with Crippen molar-refractivity contribution in [3.05, 3.63) is 23.5 Å². The Morgan fingerprint density at radius 2 is 2.12 bits per heavy atom. The van der Waals surface area contributed by atoms with Gasteiger partial charge in [-0.2, -0.15) is 0 Å². The molecule has 0 spiro atoms. The molecule has 0 aromatic carbocycles. The first-order valence-corrected chi connectivity index (χ1v) is 6.02. The van der Waals surface area contributed by atoms with Gasteiger partial charge >= 0.3 is 0 Å². The van der Waals surface area contributed by atoms with Crippen molar-refractivity contribution < 1.29 is 5.11 Å². The van der Waals surface area contributed by atoms with Crippen LogP contribution in [0.3, 0.4) is 0 Å². The molecule has 1 unspecified atom stereocenters. The molecule has 17 heavy (non-hydrogen) atoms. The lowest BCUT2D eigenvalue weighted by molar-refractivity contribution is 0.363. The van der Waals surface area contributed by atoms with E-state index in [9.17, 15) is 5.11 Å². The van der Waals surface area contributed by atoms with Gasteiger partial charge in [-0.15, -0.1) is 0 Å². The van der Waals surface area contributed by atoms with E-state index in [1.807, 2.05) is 13.0 Å². The van der Waals surface area contributed by atoms with E-state index >= 15 is 0 Å². The van der Waals surface area contributed by atoms with Gasteiger partial charge in [-0.1, -0.05) is 0 Å². The maximum absolute atomic E-state index is 9.66. The number of rotatable bonds is 6. The zero-order valence-corrected chi connectivity index (χ0v) is 11.2. The summed E-state index contributed by atoms with van der Waals surface area (Å²) in [5, 5.41) is 13.0. The Bertz CT molecular complexity index is 353. The van der Waals surface area contributed by atoms with E-state index < -0.39 is 0 Å². The van der Waals surface area contributed by atoms with Crippen LogP contribution in [0.15, 0.2) is 12.1 Å². The minimum absolute atomic E-state index is 0.267. The Kier molecular flexibility index (Phi) is 5.38. The molecule has 0 aliphatic rings. The summed E-state index contributed by atoms with van der Waals surface area (Å²) in [5.74, 6) is 0.267. The number of hydrogen-bond acceptors (Lipinski definition) is 4. The van der Waals surface area contributed by atoms with Crippen LogP contribution in [-0.4, -0.2) is 41.7 Å². The summed E-state index contributed by atoms with van der Waals surface area (Å²) >= 11 is 0. The molecule has 1 atom stereocenters. The van der Waals surface area contributed by atoms with Gasteiger partial charge in [0.1, 0.15) is 5.75 Å². The third kappa shape index (κ3) is 5.15. The summed E-state index contributed by atoms with van der Waals surface area (Å²) in [6, 6.07) is 3.93. The molecule has 4 nitrogen and oxygen atoms in total. The van der Waals surface area contributed by atoms with E-state index in [1.54, 1.807) is 6.07 Å². The molecule has 96 valence electrons.